The van der Waals surface area contributed by atoms with Crippen molar-refractivity contribution in [2.45, 2.75) is 13.3 Å². The van der Waals surface area contributed by atoms with Crippen LogP contribution in [0.1, 0.15) is 22.3 Å². The molecule has 0 aliphatic heterocycles. The number of carboxylic acids is 1. The van der Waals surface area contributed by atoms with E-state index in [4.69, 9.17) is 16.7 Å². The van der Waals surface area contributed by atoms with Crippen molar-refractivity contribution < 1.29 is 15.0 Å². The van der Waals surface area contributed by atoms with E-state index >= 15 is 0 Å². The Labute approximate surface area is 133 Å². The molecule has 0 unspecified atom stereocenters. The van der Waals surface area contributed by atoms with E-state index in [1.165, 1.54) is 6.20 Å². The zero-order valence-electron chi connectivity index (χ0n) is 11.4. The number of aliphatic hydroxyl groups is 1. The summed E-state index contributed by atoms with van der Waals surface area (Å²) in [7, 11) is 0. The van der Waals surface area contributed by atoms with Gasteiger partial charge in [-0.3, -0.25) is 4.98 Å². The van der Waals surface area contributed by atoms with Crippen molar-refractivity contribution >= 4 is 46.6 Å². The zero-order chi connectivity index (χ0) is 14.7. The van der Waals surface area contributed by atoms with E-state index in [1.54, 1.807) is 12.1 Å². The van der Waals surface area contributed by atoms with Gasteiger partial charge in [0.05, 0.1) is 11.2 Å². The Balaban J connectivity index is 0.00000220. The third kappa shape index (κ3) is 3.56. The first-order valence-electron chi connectivity index (χ1n) is 6.22. The first-order valence-corrected chi connectivity index (χ1v) is 6.60. The SMILES string of the molecule is Cc1c(Cl)ccc2c(NCCCO)c(C(=O)O)cnc12.Cl. The number of aryl methyl sites for hydroxylation is 1. The number of nitrogens with zero attached hydrogens (tertiary/aromatic N) is 1. The molecule has 1 aromatic heterocycles. The van der Waals surface area contributed by atoms with Crippen LogP contribution < -0.4 is 5.32 Å². The molecular formula is C14H16Cl2N2O3. The van der Waals surface area contributed by atoms with Gasteiger partial charge in [0.2, 0.25) is 0 Å². The van der Waals surface area contributed by atoms with Crippen molar-refractivity contribution in [1.82, 2.24) is 4.98 Å². The summed E-state index contributed by atoms with van der Waals surface area (Å²) in [6.45, 7) is 2.37. The molecule has 5 nitrogen and oxygen atoms in total. The van der Waals surface area contributed by atoms with Gasteiger partial charge >= 0.3 is 5.97 Å². The number of hydrogen-bond donors (Lipinski definition) is 3. The number of aromatic carboxylic acids is 1. The van der Waals surface area contributed by atoms with Crippen molar-refractivity contribution in [2.75, 3.05) is 18.5 Å². The second kappa shape index (κ2) is 7.45. The Hall–Kier alpha value is -1.56. The standard InChI is InChI=1S/C14H15ClN2O3.ClH/c1-8-11(15)4-3-9-12(8)17-7-10(14(19)20)13(9)16-5-2-6-18;/h3-4,7,18H,2,5-6H2,1H3,(H,16,17)(H,19,20);1H. The van der Waals surface area contributed by atoms with E-state index < -0.39 is 5.97 Å². The molecule has 3 N–H and O–H groups in total. The minimum atomic E-state index is -1.04. The highest BCUT2D eigenvalue weighted by Gasteiger charge is 2.16. The van der Waals surface area contributed by atoms with Gasteiger partial charge in [-0.05, 0) is 31.0 Å². The van der Waals surface area contributed by atoms with Gasteiger partial charge in [-0.15, -0.1) is 12.4 Å². The predicted octanol–water partition coefficient (Wildman–Crippen LogP) is 3.11. The molecule has 2 aromatic rings. The van der Waals surface area contributed by atoms with E-state index in [9.17, 15) is 9.90 Å². The summed E-state index contributed by atoms with van der Waals surface area (Å²) in [4.78, 5) is 15.5. The molecule has 0 amide bonds. The van der Waals surface area contributed by atoms with Gasteiger partial charge < -0.3 is 15.5 Å². The van der Waals surface area contributed by atoms with E-state index in [0.29, 0.717) is 34.6 Å². The summed E-state index contributed by atoms with van der Waals surface area (Å²) >= 11 is 6.06. The Kier molecular flexibility index (Phi) is 6.20. The van der Waals surface area contributed by atoms with Crippen LogP contribution in [0.4, 0.5) is 5.69 Å². The number of aromatic nitrogens is 1. The lowest BCUT2D eigenvalue weighted by Crippen LogP contribution is -2.10. The van der Waals surface area contributed by atoms with E-state index in [0.717, 1.165) is 5.56 Å². The average Bonchev–Trinajstić information content (AvgIpc) is 2.43. The van der Waals surface area contributed by atoms with Gasteiger partial charge in [-0.1, -0.05) is 11.6 Å². The normalized spacial score (nSPS) is 10.2. The van der Waals surface area contributed by atoms with Crippen molar-refractivity contribution in [1.29, 1.82) is 0 Å². The highest BCUT2D eigenvalue weighted by atomic mass is 35.5. The summed E-state index contributed by atoms with van der Waals surface area (Å²) in [6.07, 6.45) is 1.87. The molecule has 0 saturated carbocycles. The number of carbonyl (C=O) groups is 1. The lowest BCUT2D eigenvalue weighted by Gasteiger charge is -2.13. The molecular weight excluding hydrogens is 315 g/mol. The van der Waals surface area contributed by atoms with E-state index in [2.05, 4.69) is 10.3 Å². The maximum Gasteiger partial charge on any atom is 0.339 e. The topological polar surface area (TPSA) is 82.5 Å². The molecule has 0 bridgehead atoms. The molecule has 0 radical (unpaired) electrons. The lowest BCUT2D eigenvalue weighted by molar-refractivity contribution is 0.0697. The van der Waals surface area contributed by atoms with Crippen LogP contribution in [0.5, 0.6) is 0 Å². The van der Waals surface area contributed by atoms with Crippen LogP contribution in [0.25, 0.3) is 10.9 Å². The third-order valence-electron chi connectivity index (χ3n) is 3.09. The third-order valence-corrected chi connectivity index (χ3v) is 3.50. The Morgan fingerprint density at radius 2 is 2.14 bits per heavy atom. The molecule has 0 atom stereocenters. The van der Waals surface area contributed by atoms with Crippen molar-refractivity contribution in [3.63, 3.8) is 0 Å². The maximum absolute atomic E-state index is 11.3. The van der Waals surface area contributed by atoms with Gasteiger partial charge in [0, 0.05) is 29.8 Å². The number of anilines is 1. The largest absolute Gasteiger partial charge is 0.478 e. The molecule has 1 heterocycles. The second-order valence-corrected chi connectivity index (χ2v) is 4.83. The molecule has 0 fully saturated rings. The molecule has 21 heavy (non-hydrogen) atoms. The van der Waals surface area contributed by atoms with Crippen LogP contribution in [0.15, 0.2) is 18.3 Å². The number of hydrogen-bond acceptors (Lipinski definition) is 4. The fourth-order valence-electron chi connectivity index (χ4n) is 2.03. The Morgan fingerprint density at radius 1 is 1.43 bits per heavy atom. The number of pyridine rings is 1. The number of aliphatic hydroxyl groups excluding tert-OH is 1. The predicted molar refractivity (Wildman–Crippen MR) is 85.9 cm³/mol. The highest BCUT2D eigenvalue weighted by Crippen LogP contribution is 2.31. The van der Waals surface area contributed by atoms with Gasteiger partial charge in [-0.2, -0.15) is 0 Å². The number of carboxylic acid groups (broad SMARTS) is 1. The second-order valence-electron chi connectivity index (χ2n) is 4.42. The first kappa shape index (κ1) is 17.5. The number of benzene rings is 1. The minimum Gasteiger partial charge on any atom is -0.478 e. The fraction of sp³-hybridized carbons (Fsp3) is 0.286. The van der Waals surface area contributed by atoms with E-state index in [-0.39, 0.29) is 24.6 Å². The fourth-order valence-corrected chi connectivity index (χ4v) is 2.18. The molecule has 2 rings (SSSR count). The van der Waals surface area contributed by atoms with Crippen LogP contribution in [0.3, 0.4) is 0 Å². The molecule has 0 saturated heterocycles. The number of fused-ring (bicyclic) bond motifs is 1. The number of halogens is 2. The molecule has 0 aliphatic rings. The molecule has 1 aromatic carbocycles. The summed E-state index contributed by atoms with van der Waals surface area (Å²) < 4.78 is 0. The smallest absolute Gasteiger partial charge is 0.339 e. The maximum atomic E-state index is 11.3. The van der Waals surface area contributed by atoms with Crippen LogP contribution in [0.2, 0.25) is 5.02 Å². The van der Waals surface area contributed by atoms with Crippen molar-refractivity contribution in [3.8, 4) is 0 Å². The molecule has 0 aliphatic carbocycles. The van der Waals surface area contributed by atoms with Gasteiger partial charge in [0.15, 0.2) is 0 Å². The minimum absolute atomic E-state index is 0. The highest BCUT2D eigenvalue weighted by molar-refractivity contribution is 6.32. The first-order chi connectivity index (χ1) is 9.56. The van der Waals surface area contributed by atoms with Gasteiger partial charge in [-0.25, -0.2) is 4.79 Å². The van der Waals surface area contributed by atoms with E-state index in [1.807, 2.05) is 6.92 Å². The quantitative estimate of drug-likeness (QED) is 0.734. The zero-order valence-corrected chi connectivity index (χ0v) is 13.0. The summed E-state index contributed by atoms with van der Waals surface area (Å²) in [6, 6.07) is 3.48. The van der Waals surface area contributed by atoms with Gasteiger partial charge in [0.1, 0.15) is 5.56 Å². The number of rotatable bonds is 5. The average molecular weight is 331 g/mol. The summed E-state index contributed by atoms with van der Waals surface area (Å²) in [5, 5.41) is 22.4. The molecule has 7 heteroatoms. The summed E-state index contributed by atoms with van der Waals surface area (Å²) in [5.41, 5.74) is 2.10. The molecule has 114 valence electrons. The Bertz CT molecular complexity index is 662. The van der Waals surface area contributed by atoms with Crippen LogP contribution in [0, 0.1) is 6.92 Å². The number of nitrogens with one attached hydrogen (secondary N) is 1. The summed E-state index contributed by atoms with van der Waals surface area (Å²) in [5.74, 6) is -1.04. The lowest BCUT2D eigenvalue weighted by atomic mass is 10.1. The van der Waals surface area contributed by atoms with Gasteiger partial charge in [0.25, 0.3) is 0 Å². The van der Waals surface area contributed by atoms with Crippen molar-refractivity contribution in [2.24, 2.45) is 0 Å². The van der Waals surface area contributed by atoms with Crippen molar-refractivity contribution in [3.05, 3.63) is 34.5 Å². The molecule has 0 spiro atoms. The van der Waals surface area contributed by atoms with Crippen LogP contribution in [-0.4, -0.2) is 34.3 Å². The van der Waals surface area contributed by atoms with Crippen LogP contribution >= 0.6 is 24.0 Å². The Morgan fingerprint density at radius 3 is 2.76 bits per heavy atom. The van der Waals surface area contributed by atoms with Crippen LogP contribution in [-0.2, 0) is 0 Å². The monoisotopic (exact) mass is 330 g/mol.